The molecule has 1 fully saturated rings. The number of H-pyrrole nitrogens is 1. The number of piperidine rings is 1. The number of rotatable bonds is 6. The standard InChI is InChI=1S/C22H27N3O3/c1-27-16-9-10-21(28-2)17(12-16)20(26)14-25-11-5-6-15(13-25)22-23-18-7-3-4-8-19(18)24-22/h3-4,7-10,12,15,20,26H,5-6,11,13-14H2,1-2H3,(H,23,24)/t15-,20-/m1/s1. The predicted octanol–water partition coefficient (Wildman–Crippen LogP) is 3.49. The number of imidazole rings is 1. The van der Waals surface area contributed by atoms with E-state index in [9.17, 15) is 5.11 Å². The molecule has 2 heterocycles. The van der Waals surface area contributed by atoms with Crippen LogP contribution in [0.3, 0.4) is 0 Å². The molecule has 1 aliphatic heterocycles. The minimum absolute atomic E-state index is 0.348. The van der Waals surface area contributed by atoms with E-state index in [1.54, 1.807) is 14.2 Å². The van der Waals surface area contributed by atoms with Crippen LogP contribution in [-0.4, -0.2) is 53.8 Å². The SMILES string of the molecule is COc1ccc(OC)c([C@H](O)CN2CCC[C@@H](c3nc4ccccc4[nH]3)C2)c1. The molecule has 2 N–H and O–H groups in total. The minimum Gasteiger partial charge on any atom is -0.497 e. The number of nitrogens with one attached hydrogen (secondary N) is 1. The second kappa shape index (κ2) is 8.20. The van der Waals surface area contributed by atoms with Crippen molar-refractivity contribution in [1.29, 1.82) is 0 Å². The average Bonchev–Trinajstić information content (AvgIpc) is 3.18. The van der Waals surface area contributed by atoms with Crippen LogP contribution in [0.4, 0.5) is 0 Å². The topological polar surface area (TPSA) is 70.6 Å². The van der Waals surface area contributed by atoms with E-state index in [1.807, 2.05) is 36.4 Å². The number of para-hydroxylation sites is 2. The van der Waals surface area contributed by atoms with Crippen LogP contribution in [0, 0.1) is 0 Å². The fraction of sp³-hybridized carbons (Fsp3) is 0.409. The Hall–Kier alpha value is -2.57. The van der Waals surface area contributed by atoms with Gasteiger partial charge in [0, 0.05) is 24.6 Å². The molecule has 28 heavy (non-hydrogen) atoms. The Bertz CT molecular complexity index is 907. The third-order valence-electron chi connectivity index (χ3n) is 5.53. The summed E-state index contributed by atoms with van der Waals surface area (Å²) in [6, 6.07) is 13.7. The molecule has 3 aromatic rings. The van der Waals surface area contributed by atoms with E-state index in [4.69, 9.17) is 14.5 Å². The van der Waals surface area contributed by atoms with Crippen molar-refractivity contribution < 1.29 is 14.6 Å². The average molecular weight is 381 g/mol. The van der Waals surface area contributed by atoms with Gasteiger partial charge in [-0.2, -0.15) is 0 Å². The van der Waals surface area contributed by atoms with Crippen LogP contribution in [0.2, 0.25) is 0 Å². The molecule has 6 nitrogen and oxygen atoms in total. The molecule has 1 aliphatic rings. The molecule has 0 saturated carbocycles. The summed E-state index contributed by atoms with van der Waals surface area (Å²) in [4.78, 5) is 10.6. The summed E-state index contributed by atoms with van der Waals surface area (Å²) in [5.41, 5.74) is 2.85. The molecule has 0 unspecified atom stereocenters. The highest BCUT2D eigenvalue weighted by Gasteiger charge is 2.26. The van der Waals surface area contributed by atoms with Crippen molar-refractivity contribution in [1.82, 2.24) is 14.9 Å². The summed E-state index contributed by atoms with van der Waals surface area (Å²) >= 11 is 0. The predicted molar refractivity (Wildman–Crippen MR) is 109 cm³/mol. The van der Waals surface area contributed by atoms with Gasteiger partial charge in [-0.05, 0) is 49.7 Å². The molecular formula is C22H27N3O3. The van der Waals surface area contributed by atoms with Crippen molar-refractivity contribution in [2.45, 2.75) is 24.9 Å². The summed E-state index contributed by atoms with van der Waals surface area (Å²) in [5.74, 6) is 2.78. The van der Waals surface area contributed by atoms with E-state index in [0.717, 1.165) is 48.4 Å². The van der Waals surface area contributed by atoms with Gasteiger partial charge < -0.3 is 19.6 Å². The highest BCUT2D eigenvalue weighted by atomic mass is 16.5. The highest BCUT2D eigenvalue weighted by Crippen LogP contribution is 2.32. The molecule has 0 amide bonds. The molecule has 0 aliphatic carbocycles. The van der Waals surface area contributed by atoms with Gasteiger partial charge in [0.2, 0.25) is 0 Å². The quantitative estimate of drug-likeness (QED) is 0.684. The molecule has 0 spiro atoms. The number of aliphatic hydroxyl groups is 1. The summed E-state index contributed by atoms with van der Waals surface area (Å²) in [6.07, 6.45) is 1.55. The van der Waals surface area contributed by atoms with Crippen LogP contribution >= 0.6 is 0 Å². The first kappa shape index (κ1) is 18.8. The Labute approximate surface area is 165 Å². The van der Waals surface area contributed by atoms with Crippen molar-refractivity contribution in [3.63, 3.8) is 0 Å². The first-order valence-corrected chi connectivity index (χ1v) is 9.75. The number of hydrogen-bond acceptors (Lipinski definition) is 5. The molecular weight excluding hydrogens is 354 g/mol. The molecule has 4 rings (SSSR count). The number of ether oxygens (including phenoxy) is 2. The fourth-order valence-electron chi connectivity index (χ4n) is 4.05. The van der Waals surface area contributed by atoms with E-state index in [2.05, 4.69) is 16.0 Å². The third-order valence-corrected chi connectivity index (χ3v) is 5.53. The van der Waals surface area contributed by atoms with Crippen molar-refractivity contribution in [3.05, 3.63) is 53.9 Å². The Kier molecular flexibility index (Phi) is 5.50. The number of benzene rings is 2. The number of likely N-dealkylation sites (tertiary alicyclic amines) is 1. The summed E-state index contributed by atoms with van der Waals surface area (Å²) in [6.45, 7) is 2.41. The van der Waals surface area contributed by atoms with E-state index >= 15 is 0 Å². The number of aromatic nitrogens is 2. The van der Waals surface area contributed by atoms with Gasteiger partial charge in [0.1, 0.15) is 17.3 Å². The van der Waals surface area contributed by atoms with Crippen LogP contribution in [0.5, 0.6) is 11.5 Å². The van der Waals surface area contributed by atoms with E-state index in [1.165, 1.54) is 0 Å². The molecule has 6 heteroatoms. The lowest BCUT2D eigenvalue weighted by atomic mass is 9.96. The van der Waals surface area contributed by atoms with Crippen molar-refractivity contribution >= 4 is 11.0 Å². The maximum absolute atomic E-state index is 10.9. The second-order valence-electron chi connectivity index (χ2n) is 7.36. The van der Waals surface area contributed by atoms with Crippen LogP contribution in [0.15, 0.2) is 42.5 Å². The smallest absolute Gasteiger partial charge is 0.124 e. The molecule has 2 aromatic carbocycles. The Balaban J connectivity index is 1.47. The highest BCUT2D eigenvalue weighted by molar-refractivity contribution is 5.74. The van der Waals surface area contributed by atoms with Gasteiger partial charge in [0.15, 0.2) is 0 Å². The Morgan fingerprint density at radius 1 is 1.21 bits per heavy atom. The normalized spacial score (nSPS) is 18.9. The van der Waals surface area contributed by atoms with E-state index < -0.39 is 6.10 Å². The molecule has 148 valence electrons. The Morgan fingerprint density at radius 3 is 2.86 bits per heavy atom. The number of hydrogen-bond donors (Lipinski definition) is 2. The second-order valence-corrected chi connectivity index (χ2v) is 7.36. The third kappa shape index (κ3) is 3.84. The molecule has 1 saturated heterocycles. The van der Waals surface area contributed by atoms with Crippen molar-refractivity contribution in [2.24, 2.45) is 0 Å². The van der Waals surface area contributed by atoms with E-state index in [0.29, 0.717) is 24.0 Å². The van der Waals surface area contributed by atoms with Gasteiger partial charge in [-0.1, -0.05) is 12.1 Å². The lowest BCUT2D eigenvalue weighted by molar-refractivity contribution is 0.0926. The van der Waals surface area contributed by atoms with Crippen LogP contribution < -0.4 is 9.47 Å². The number of aliphatic hydroxyl groups excluding tert-OH is 1. The fourth-order valence-corrected chi connectivity index (χ4v) is 4.05. The van der Waals surface area contributed by atoms with Gasteiger partial charge >= 0.3 is 0 Å². The van der Waals surface area contributed by atoms with Crippen LogP contribution in [0.25, 0.3) is 11.0 Å². The van der Waals surface area contributed by atoms with Gasteiger partial charge in [0.25, 0.3) is 0 Å². The van der Waals surface area contributed by atoms with E-state index in [-0.39, 0.29) is 0 Å². The van der Waals surface area contributed by atoms with Crippen LogP contribution in [-0.2, 0) is 0 Å². The molecule has 2 atom stereocenters. The lowest BCUT2D eigenvalue weighted by Gasteiger charge is -2.33. The van der Waals surface area contributed by atoms with Gasteiger partial charge in [-0.25, -0.2) is 4.98 Å². The lowest BCUT2D eigenvalue weighted by Crippen LogP contribution is -2.37. The number of β-amino-alcohol motifs (C(OH)–C–C–N with tert-alkyl or cyclic N) is 1. The summed E-state index contributed by atoms with van der Waals surface area (Å²) < 4.78 is 10.7. The van der Waals surface area contributed by atoms with Gasteiger partial charge in [0.05, 0.1) is 31.4 Å². The molecule has 0 radical (unpaired) electrons. The zero-order valence-electron chi connectivity index (χ0n) is 16.4. The number of nitrogens with zero attached hydrogens (tertiary/aromatic N) is 2. The summed E-state index contributed by atoms with van der Waals surface area (Å²) in [5, 5.41) is 10.9. The maximum Gasteiger partial charge on any atom is 0.124 e. The zero-order valence-corrected chi connectivity index (χ0v) is 16.4. The zero-order chi connectivity index (χ0) is 19.5. The van der Waals surface area contributed by atoms with Crippen LogP contribution in [0.1, 0.15) is 36.3 Å². The number of aromatic amines is 1. The van der Waals surface area contributed by atoms with Gasteiger partial charge in [-0.3, -0.25) is 4.90 Å². The first-order valence-electron chi connectivity index (χ1n) is 9.75. The monoisotopic (exact) mass is 381 g/mol. The largest absolute Gasteiger partial charge is 0.497 e. The number of methoxy groups -OCH3 is 2. The minimum atomic E-state index is -0.639. The number of fused-ring (bicyclic) bond motifs is 1. The molecule has 1 aromatic heterocycles. The summed E-state index contributed by atoms with van der Waals surface area (Å²) in [7, 11) is 3.25. The maximum atomic E-state index is 10.9. The Morgan fingerprint density at radius 2 is 2.07 bits per heavy atom. The van der Waals surface area contributed by atoms with Gasteiger partial charge in [-0.15, -0.1) is 0 Å². The first-order chi connectivity index (χ1) is 13.7. The molecule has 0 bridgehead atoms. The van der Waals surface area contributed by atoms with Crippen molar-refractivity contribution in [3.8, 4) is 11.5 Å². The van der Waals surface area contributed by atoms with Crippen molar-refractivity contribution in [2.75, 3.05) is 33.9 Å².